The van der Waals surface area contributed by atoms with Gasteiger partial charge < -0.3 is 9.80 Å². The number of anilines is 1. The Hall–Kier alpha value is -3.67. The zero-order chi connectivity index (χ0) is 21.5. The lowest BCUT2D eigenvalue weighted by Crippen LogP contribution is -2.53. The quantitative estimate of drug-likeness (QED) is 0.473. The summed E-state index contributed by atoms with van der Waals surface area (Å²) in [6.07, 6.45) is 1.67. The van der Waals surface area contributed by atoms with Crippen molar-refractivity contribution < 1.29 is 4.79 Å². The van der Waals surface area contributed by atoms with E-state index in [9.17, 15) is 9.59 Å². The SMILES string of the molecule is Cc1ccc(N2CCN(C(=O)c3cccn4c(=O)c5ccccc5nc34)C[C@@H]2C)cc1. The molecule has 2 aromatic carbocycles. The van der Waals surface area contributed by atoms with Gasteiger partial charge in [0.2, 0.25) is 0 Å². The molecule has 6 nitrogen and oxygen atoms in total. The predicted molar refractivity (Wildman–Crippen MR) is 123 cm³/mol. The van der Waals surface area contributed by atoms with Crippen molar-refractivity contribution in [3.05, 3.63) is 88.3 Å². The van der Waals surface area contributed by atoms with Crippen LogP contribution in [0.25, 0.3) is 16.6 Å². The topological polar surface area (TPSA) is 57.9 Å². The third-order valence-electron chi connectivity index (χ3n) is 6.06. The van der Waals surface area contributed by atoms with Gasteiger partial charge in [-0.15, -0.1) is 0 Å². The zero-order valence-electron chi connectivity index (χ0n) is 17.7. The minimum Gasteiger partial charge on any atom is -0.365 e. The van der Waals surface area contributed by atoms with Gasteiger partial charge in [0, 0.05) is 37.6 Å². The number of hydrogen-bond acceptors (Lipinski definition) is 4. The Labute approximate surface area is 180 Å². The number of fused-ring (bicyclic) bond motifs is 2. The molecule has 1 saturated heterocycles. The maximum atomic E-state index is 13.4. The van der Waals surface area contributed by atoms with Crippen LogP contribution in [-0.4, -0.2) is 45.9 Å². The zero-order valence-corrected chi connectivity index (χ0v) is 17.7. The number of piperazine rings is 1. The van der Waals surface area contributed by atoms with Crippen LogP contribution in [0.15, 0.2) is 71.7 Å². The number of rotatable bonds is 2. The van der Waals surface area contributed by atoms with Crippen LogP contribution in [0.4, 0.5) is 5.69 Å². The summed E-state index contributed by atoms with van der Waals surface area (Å²) in [5.74, 6) is -0.0873. The van der Waals surface area contributed by atoms with Gasteiger partial charge in [-0.3, -0.25) is 14.0 Å². The maximum absolute atomic E-state index is 13.4. The van der Waals surface area contributed by atoms with Crippen LogP contribution >= 0.6 is 0 Å². The molecule has 0 saturated carbocycles. The fourth-order valence-corrected chi connectivity index (χ4v) is 4.37. The van der Waals surface area contributed by atoms with Gasteiger partial charge >= 0.3 is 0 Å². The molecule has 0 unspecified atom stereocenters. The number of carbonyl (C=O) groups excluding carboxylic acids is 1. The maximum Gasteiger partial charge on any atom is 0.265 e. The standard InChI is InChI=1S/C25H24N4O2/c1-17-9-11-19(12-10-17)28-15-14-27(16-18(28)2)24(30)21-7-5-13-29-23(21)26-22-8-4-3-6-20(22)25(29)31/h3-13,18H,14-16H2,1-2H3/t18-/m0/s1. The number of benzene rings is 2. The molecule has 1 atom stereocenters. The van der Waals surface area contributed by atoms with Crippen molar-refractivity contribution in [2.75, 3.05) is 24.5 Å². The second-order valence-electron chi connectivity index (χ2n) is 8.18. The molecule has 156 valence electrons. The van der Waals surface area contributed by atoms with Gasteiger partial charge in [-0.25, -0.2) is 4.98 Å². The average Bonchev–Trinajstić information content (AvgIpc) is 2.79. The van der Waals surface area contributed by atoms with Crippen molar-refractivity contribution >= 4 is 28.1 Å². The lowest BCUT2D eigenvalue weighted by molar-refractivity contribution is 0.0727. The molecule has 1 aliphatic heterocycles. The van der Waals surface area contributed by atoms with Crippen molar-refractivity contribution in [2.24, 2.45) is 0 Å². The third-order valence-corrected chi connectivity index (χ3v) is 6.06. The number of para-hydroxylation sites is 1. The molecule has 0 N–H and O–H groups in total. The van der Waals surface area contributed by atoms with Crippen LogP contribution in [0.5, 0.6) is 0 Å². The van der Waals surface area contributed by atoms with Crippen LogP contribution in [0.1, 0.15) is 22.8 Å². The summed E-state index contributed by atoms with van der Waals surface area (Å²) < 4.78 is 1.47. The van der Waals surface area contributed by atoms with E-state index in [1.165, 1.54) is 15.7 Å². The Kier molecular flexibility index (Phi) is 4.70. The first kappa shape index (κ1) is 19.3. The van der Waals surface area contributed by atoms with Crippen molar-refractivity contribution in [1.29, 1.82) is 0 Å². The number of hydrogen-bond donors (Lipinski definition) is 0. The number of pyridine rings is 1. The monoisotopic (exact) mass is 412 g/mol. The summed E-state index contributed by atoms with van der Waals surface area (Å²) in [6, 6.07) is 19.4. The molecule has 1 aliphatic rings. The molecular formula is C25H24N4O2. The first-order valence-corrected chi connectivity index (χ1v) is 10.6. The minimum absolute atomic E-state index is 0.0873. The molecule has 0 radical (unpaired) electrons. The van der Waals surface area contributed by atoms with Crippen molar-refractivity contribution in [3.8, 4) is 0 Å². The highest BCUT2D eigenvalue weighted by atomic mass is 16.2. The summed E-state index contributed by atoms with van der Waals surface area (Å²) in [7, 11) is 0. The Morgan fingerprint density at radius 3 is 2.55 bits per heavy atom. The molecule has 2 aromatic heterocycles. The van der Waals surface area contributed by atoms with Crippen molar-refractivity contribution in [1.82, 2.24) is 14.3 Å². The van der Waals surface area contributed by atoms with E-state index in [1.807, 2.05) is 17.0 Å². The summed E-state index contributed by atoms with van der Waals surface area (Å²) in [5, 5.41) is 0.546. The van der Waals surface area contributed by atoms with Crippen LogP contribution in [0.2, 0.25) is 0 Å². The normalized spacial score (nSPS) is 16.8. The third kappa shape index (κ3) is 3.34. The van der Waals surface area contributed by atoms with E-state index >= 15 is 0 Å². The van der Waals surface area contributed by atoms with E-state index in [0.29, 0.717) is 35.2 Å². The molecule has 3 heterocycles. The summed E-state index contributed by atoms with van der Waals surface area (Å²) in [4.78, 5) is 35.2. The Bertz CT molecular complexity index is 1340. The van der Waals surface area contributed by atoms with Gasteiger partial charge in [0.1, 0.15) is 0 Å². The first-order valence-electron chi connectivity index (χ1n) is 10.6. The van der Waals surface area contributed by atoms with Gasteiger partial charge in [-0.1, -0.05) is 29.8 Å². The average molecular weight is 412 g/mol. The van der Waals surface area contributed by atoms with Gasteiger partial charge in [-0.2, -0.15) is 0 Å². The highest BCUT2D eigenvalue weighted by Gasteiger charge is 2.28. The Morgan fingerprint density at radius 2 is 1.77 bits per heavy atom. The van der Waals surface area contributed by atoms with Gasteiger partial charge in [0.25, 0.3) is 11.5 Å². The van der Waals surface area contributed by atoms with Crippen LogP contribution in [0.3, 0.4) is 0 Å². The molecule has 31 heavy (non-hydrogen) atoms. The summed E-state index contributed by atoms with van der Waals surface area (Å²) >= 11 is 0. The predicted octanol–water partition coefficient (Wildman–Crippen LogP) is 3.51. The molecule has 5 rings (SSSR count). The fraction of sp³-hybridized carbons (Fsp3) is 0.240. The Balaban J connectivity index is 1.47. The lowest BCUT2D eigenvalue weighted by atomic mass is 10.1. The molecule has 0 bridgehead atoms. The summed E-state index contributed by atoms with van der Waals surface area (Å²) in [6.45, 7) is 6.22. The highest BCUT2D eigenvalue weighted by Crippen LogP contribution is 2.23. The fourth-order valence-electron chi connectivity index (χ4n) is 4.37. The molecule has 4 aromatic rings. The smallest absolute Gasteiger partial charge is 0.265 e. The van der Waals surface area contributed by atoms with Crippen molar-refractivity contribution in [3.63, 3.8) is 0 Å². The van der Waals surface area contributed by atoms with E-state index in [1.54, 1.807) is 30.5 Å². The number of carbonyl (C=O) groups is 1. The first-order chi connectivity index (χ1) is 15.0. The molecule has 0 spiro atoms. The van der Waals surface area contributed by atoms with Crippen LogP contribution in [-0.2, 0) is 0 Å². The van der Waals surface area contributed by atoms with E-state index in [0.717, 1.165) is 6.54 Å². The number of amides is 1. The minimum atomic E-state index is -0.159. The second kappa shape index (κ2) is 7.54. The van der Waals surface area contributed by atoms with E-state index in [-0.39, 0.29) is 17.5 Å². The molecular weight excluding hydrogens is 388 g/mol. The summed E-state index contributed by atoms with van der Waals surface area (Å²) in [5.41, 5.74) is 3.72. The van der Waals surface area contributed by atoms with E-state index < -0.39 is 0 Å². The highest BCUT2D eigenvalue weighted by molar-refractivity contribution is 6.00. The van der Waals surface area contributed by atoms with Gasteiger partial charge in [0.05, 0.1) is 16.5 Å². The van der Waals surface area contributed by atoms with Crippen molar-refractivity contribution in [2.45, 2.75) is 19.9 Å². The van der Waals surface area contributed by atoms with Gasteiger partial charge in [-0.05, 0) is 50.2 Å². The van der Waals surface area contributed by atoms with E-state index in [2.05, 4.69) is 48.0 Å². The van der Waals surface area contributed by atoms with Gasteiger partial charge in [0.15, 0.2) is 5.65 Å². The number of aromatic nitrogens is 2. The Morgan fingerprint density at radius 1 is 1.00 bits per heavy atom. The van der Waals surface area contributed by atoms with Crippen LogP contribution < -0.4 is 10.5 Å². The molecule has 1 amide bonds. The molecule has 1 fully saturated rings. The number of nitrogens with zero attached hydrogens (tertiary/aromatic N) is 4. The molecule has 0 aliphatic carbocycles. The largest absolute Gasteiger partial charge is 0.365 e. The van der Waals surface area contributed by atoms with Crippen LogP contribution in [0, 0.1) is 6.92 Å². The molecule has 6 heteroatoms. The van der Waals surface area contributed by atoms with E-state index in [4.69, 9.17) is 0 Å². The lowest BCUT2D eigenvalue weighted by Gasteiger charge is -2.41. The second-order valence-corrected chi connectivity index (χ2v) is 8.18. The number of aryl methyl sites for hydroxylation is 1.